The molecule has 1 aromatic rings. The lowest BCUT2D eigenvalue weighted by Gasteiger charge is -2.42. The van der Waals surface area contributed by atoms with Gasteiger partial charge in [-0.15, -0.1) is 0 Å². The number of amides is 1. The first-order valence-electron chi connectivity index (χ1n) is 6.51. The summed E-state index contributed by atoms with van der Waals surface area (Å²) in [7, 11) is 2.09. The summed E-state index contributed by atoms with van der Waals surface area (Å²) in [5.41, 5.74) is -0.428. The minimum atomic E-state index is -0.428. The molecule has 2 aliphatic heterocycles. The molecule has 0 N–H and O–H groups in total. The van der Waals surface area contributed by atoms with E-state index < -0.39 is 5.72 Å². The van der Waals surface area contributed by atoms with Gasteiger partial charge in [0.25, 0.3) is 5.91 Å². The molecule has 1 amide bonds. The summed E-state index contributed by atoms with van der Waals surface area (Å²) in [6.45, 7) is 3.15. The molecule has 0 bridgehead atoms. The molecule has 3 rings (SSSR count). The van der Waals surface area contributed by atoms with Gasteiger partial charge < -0.3 is 19.0 Å². The monoisotopic (exact) mass is 328 g/mol. The van der Waals surface area contributed by atoms with Crippen molar-refractivity contribution in [3.05, 3.63) is 22.6 Å². The van der Waals surface area contributed by atoms with Crippen LogP contribution in [-0.2, 0) is 4.74 Å². The van der Waals surface area contributed by atoms with E-state index in [-0.39, 0.29) is 5.91 Å². The Morgan fingerprint density at radius 2 is 2.05 bits per heavy atom. The van der Waals surface area contributed by atoms with E-state index in [1.807, 2.05) is 4.90 Å². The molecule has 6 heteroatoms. The molecule has 0 radical (unpaired) electrons. The first-order valence-corrected chi connectivity index (χ1v) is 7.30. The molecule has 2 fully saturated rings. The molecule has 1 aromatic heterocycles. The van der Waals surface area contributed by atoms with Crippen molar-refractivity contribution >= 4 is 21.8 Å². The summed E-state index contributed by atoms with van der Waals surface area (Å²) >= 11 is 3.23. The van der Waals surface area contributed by atoms with E-state index in [9.17, 15) is 4.79 Å². The quantitative estimate of drug-likeness (QED) is 0.790. The molecule has 2 aliphatic rings. The van der Waals surface area contributed by atoms with Crippen molar-refractivity contribution in [1.82, 2.24) is 9.80 Å². The first-order chi connectivity index (χ1) is 9.11. The zero-order valence-corrected chi connectivity index (χ0v) is 12.5. The SMILES string of the molecule is CN1CCC2(CC1)OCCN2C(=O)c1ccc(Br)o1. The summed E-state index contributed by atoms with van der Waals surface area (Å²) in [6.07, 6.45) is 1.72. The van der Waals surface area contributed by atoms with Gasteiger partial charge >= 0.3 is 0 Å². The summed E-state index contributed by atoms with van der Waals surface area (Å²) in [4.78, 5) is 16.6. The lowest BCUT2D eigenvalue weighted by Crippen LogP contribution is -2.54. The number of likely N-dealkylation sites (tertiary alicyclic amines) is 1. The average Bonchev–Trinajstić information content (AvgIpc) is 3.00. The molecule has 1 spiro atoms. The van der Waals surface area contributed by atoms with Crippen molar-refractivity contribution in [2.75, 3.05) is 33.3 Å². The maximum atomic E-state index is 12.5. The molecule has 3 heterocycles. The Morgan fingerprint density at radius 1 is 1.32 bits per heavy atom. The van der Waals surface area contributed by atoms with Gasteiger partial charge in [0.15, 0.2) is 10.4 Å². The number of nitrogens with zero attached hydrogens (tertiary/aromatic N) is 2. The fourth-order valence-corrected chi connectivity index (χ4v) is 3.15. The van der Waals surface area contributed by atoms with E-state index >= 15 is 0 Å². The predicted molar refractivity (Wildman–Crippen MR) is 72.9 cm³/mol. The van der Waals surface area contributed by atoms with Crippen LogP contribution in [0.4, 0.5) is 0 Å². The van der Waals surface area contributed by atoms with E-state index in [4.69, 9.17) is 9.15 Å². The second-order valence-corrected chi connectivity index (χ2v) is 5.94. The van der Waals surface area contributed by atoms with Gasteiger partial charge in [0.05, 0.1) is 6.61 Å². The molecule has 0 unspecified atom stereocenters. The van der Waals surface area contributed by atoms with Crippen LogP contribution >= 0.6 is 15.9 Å². The fourth-order valence-electron chi connectivity index (χ4n) is 2.84. The van der Waals surface area contributed by atoms with Gasteiger partial charge in [-0.05, 0) is 35.1 Å². The Labute approximate surface area is 120 Å². The standard InChI is InChI=1S/C13H17BrN2O3/c1-15-6-4-13(5-7-15)16(8-9-18-13)12(17)10-2-3-11(14)19-10/h2-3H,4-9H2,1H3. The number of furan rings is 1. The maximum absolute atomic E-state index is 12.5. The number of ether oxygens (including phenoxy) is 1. The van der Waals surface area contributed by atoms with Gasteiger partial charge in [-0.1, -0.05) is 0 Å². The molecule has 2 saturated heterocycles. The van der Waals surface area contributed by atoms with Gasteiger partial charge in [-0.2, -0.15) is 0 Å². The van der Waals surface area contributed by atoms with Crippen LogP contribution in [0.1, 0.15) is 23.4 Å². The van der Waals surface area contributed by atoms with Crippen LogP contribution in [0.25, 0.3) is 0 Å². The highest BCUT2D eigenvalue weighted by Gasteiger charge is 2.47. The normalized spacial score (nSPS) is 23.2. The van der Waals surface area contributed by atoms with Crippen molar-refractivity contribution in [2.24, 2.45) is 0 Å². The number of piperidine rings is 1. The van der Waals surface area contributed by atoms with Crippen LogP contribution in [0.2, 0.25) is 0 Å². The number of carbonyl (C=O) groups excluding carboxylic acids is 1. The zero-order valence-electron chi connectivity index (χ0n) is 10.9. The van der Waals surface area contributed by atoms with Crippen molar-refractivity contribution in [1.29, 1.82) is 0 Å². The van der Waals surface area contributed by atoms with Gasteiger partial charge in [0, 0.05) is 32.5 Å². The average molecular weight is 329 g/mol. The minimum Gasteiger partial charge on any atom is -0.444 e. The number of carbonyl (C=O) groups is 1. The lowest BCUT2D eigenvalue weighted by atomic mass is 9.99. The van der Waals surface area contributed by atoms with Gasteiger partial charge in [-0.3, -0.25) is 4.79 Å². The number of hydrogen-bond donors (Lipinski definition) is 0. The molecule has 104 valence electrons. The lowest BCUT2D eigenvalue weighted by molar-refractivity contribution is -0.103. The Hall–Kier alpha value is -0.850. The first kappa shape index (κ1) is 13.1. The van der Waals surface area contributed by atoms with Crippen LogP contribution in [0.5, 0.6) is 0 Å². The molecule has 0 aliphatic carbocycles. The number of hydrogen-bond acceptors (Lipinski definition) is 4. The second-order valence-electron chi connectivity index (χ2n) is 5.16. The molecular formula is C13H17BrN2O3. The van der Waals surface area contributed by atoms with E-state index in [1.54, 1.807) is 12.1 Å². The van der Waals surface area contributed by atoms with Crippen LogP contribution in [0.3, 0.4) is 0 Å². The maximum Gasteiger partial charge on any atom is 0.291 e. The third kappa shape index (κ3) is 2.32. The summed E-state index contributed by atoms with van der Waals surface area (Å²) in [5, 5.41) is 0. The smallest absolute Gasteiger partial charge is 0.291 e. The van der Waals surface area contributed by atoms with Gasteiger partial charge in [-0.25, -0.2) is 0 Å². The molecule has 19 heavy (non-hydrogen) atoms. The topological polar surface area (TPSA) is 45.9 Å². The third-order valence-electron chi connectivity index (χ3n) is 3.98. The number of rotatable bonds is 1. The molecule has 0 saturated carbocycles. The third-order valence-corrected chi connectivity index (χ3v) is 4.40. The van der Waals surface area contributed by atoms with E-state index in [0.717, 1.165) is 25.9 Å². The molecular weight excluding hydrogens is 312 g/mol. The Balaban J connectivity index is 1.81. The minimum absolute atomic E-state index is 0.0762. The summed E-state index contributed by atoms with van der Waals surface area (Å²) in [5.74, 6) is 0.295. The fraction of sp³-hybridized carbons (Fsp3) is 0.615. The second kappa shape index (κ2) is 4.92. The van der Waals surface area contributed by atoms with Crippen LogP contribution in [0.15, 0.2) is 21.2 Å². The highest BCUT2D eigenvalue weighted by atomic mass is 79.9. The van der Waals surface area contributed by atoms with Crippen LogP contribution in [-0.4, -0.2) is 54.7 Å². The van der Waals surface area contributed by atoms with Crippen molar-refractivity contribution in [3.63, 3.8) is 0 Å². The predicted octanol–water partition coefficient (Wildman–Crippen LogP) is 1.94. The summed E-state index contributed by atoms with van der Waals surface area (Å²) in [6, 6.07) is 3.44. The van der Waals surface area contributed by atoms with E-state index in [0.29, 0.717) is 23.6 Å². The molecule has 0 aromatic carbocycles. The zero-order chi connectivity index (χ0) is 13.5. The summed E-state index contributed by atoms with van der Waals surface area (Å²) < 4.78 is 11.9. The van der Waals surface area contributed by atoms with Crippen LogP contribution < -0.4 is 0 Å². The van der Waals surface area contributed by atoms with Crippen LogP contribution in [0, 0.1) is 0 Å². The van der Waals surface area contributed by atoms with Gasteiger partial charge in [0.2, 0.25) is 0 Å². The van der Waals surface area contributed by atoms with Crippen molar-refractivity contribution < 1.29 is 13.9 Å². The number of halogens is 1. The van der Waals surface area contributed by atoms with Crippen molar-refractivity contribution in [2.45, 2.75) is 18.6 Å². The van der Waals surface area contributed by atoms with Gasteiger partial charge in [0.1, 0.15) is 5.72 Å². The Kier molecular flexibility index (Phi) is 3.41. The van der Waals surface area contributed by atoms with E-state index in [1.165, 1.54) is 0 Å². The Morgan fingerprint density at radius 3 is 2.68 bits per heavy atom. The Bertz CT molecular complexity index is 480. The largest absolute Gasteiger partial charge is 0.444 e. The van der Waals surface area contributed by atoms with E-state index in [2.05, 4.69) is 27.9 Å². The van der Waals surface area contributed by atoms with Crippen molar-refractivity contribution in [3.8, 4) is 0 Å². The highest BCUT2D eigenvalue weighted by molar-refractivity contribution is 9.10. The molecule has 5 nitrogen and oxygen atoms in total. The molecule has 0 atom stereocenters. The highest BCUT2D eigenvalue weighted by Crippen LogP contribution is 2.35.